The summed E-state index contributed by atoms with van der Waals surface area (Å²) in [6.45, 7) is 4.16. The highest BCUT2D eigenvalue weighted by Gasteiger charge is 2.23. The number of carbonyl (C=O) groups is 1. The minimum Gasteiger partial charge on any atom is -0.450 e. The highest BCUT2D eigenvalue weighted by atomic mass is 16.5. The van der Waals surface area contributed by atoms with Gasteiger partial charge in [-0.1, -0.05) is 12.1 Å². The van der Waals surface area contributed by atoms with Gasteiger partial charge in [-0.2, -0.15) is 0 Å². The molecule has 1 aromatic heterocycles. The number of oxazole rings is 1. The number of aromatic nitrogens is 1. The van der Waals surface area contributed by atoms with Crippen LogP contribution in [0.25, 0.3) is 11.1 Å². The highest BCUT2D eigenvalue weighted by Crippen LogP contribution is 2.15. The molecule has 124 valence electrons. The highest BCUT2D eigenvalue weighted by molar-refractivity contribution is 5.72. The molecule has 1 fully saturated rings. The summed E-state index contributed by atoms with van der Waals surface area (Å²) in [5, 5.41) is 2.87. The standard InChI is InChI=1S/C16H21N3O4/c1-2-22-15(20)17-12-6-5-9-18(10-12)11-19-13-7-3-4-8-14(13)23-16(19)21/h3-4,7-8,12H,2,5-6,9-11H2,1H3,(H,17,20)/t12-/m0/s1. The van der Waals surface area contributed by atoms with Crippen LogP contribution in [-0.4, -0.2) is 41.3 Å². The minimum atomic E-state index is -0.384. The second-order valence-electron chi connectivity index (χ2n) is 5.69. The van der Waals surface area contributed by atoms with Crippen molar-refractivity contribution < 1.29 is 13.9 Å². The number of fused-ring (bicyclic) bond motifs is 1. The second-order valence-corrected chi connectivity index (χ2v) is 5.69. The Morgan fingerprint density at radius 1 is 1.43 bits per heavy atom. The maximum Gasteiger partial charge on any atom is 0.421 e. The molecule has 23 heavy (non-hydrogen) atoms. The van der Waals surface area contributed by atoms with Gasteiger partial charge in [-0.15, -0.1) is 0 Å². The van der Waals surface area contributed by atoms with Crippen LogP contribution in [0.1, 0.15) is 19.8 Å². The lowest BCUT2D eigenvalue weighted by atomic mass is 10.1. The molecule has 1 saturated heterocycles. The van der Waals surface area contributed by atoms with E-state index in [4.69, 9.17) is 9.15 Å². The van der Waals surface area contributed by atoms with Crippen molar-refractivity contribution in [2.45, 2.75) is 32.5 Å². The molecule has 7 heteroatoms. The number of para-hydroxylation sites is 2. The zero-order valence-electron chi connectivity index (χ0n) is 13.2. The van der Waals surface area contributed by atoms with Crippen LogP contribution in [-0.2, 0) is 11.4 Å². The van der Waals surface area contributed by atoms with Crippen LogP contribution in [0.5, 0.6) is 0 Å². The molecule has 1 aliphatic heterocycles. The zero-order valence-corrected chi connectivity index (χ0v) is 13.2. The summed E-state index contributed by atoms with van der Waals surface area (Å²) >= 11 is 0. The van der Waals surface area contributed by atoms with Gasteiger partial charge in [0.2, 0.25) is 0 Å². The Balaban J connectivity index is 1.68. The Morgan fingerprint density at radius 2 is 2.26 bits per heavy atom. The van der Waals surface area contributed by atoms with Gasteiger partial charge in [-0.05, 0) is 38.4 Å². The number of hydrogen-bond donors (Lipinski definition) is 1. The van der Waals surface area contributed by atoms with E-state index in [2.05, 4.69) is 10.2 Å². The van der Waals surface area contributed by atoms with E-state index in [1.807, 2.05) is 18.2 Å². The molecule has 0 unspecified atom stereocenters. The number of nitrogens with zero attached hydrogens (tertiary/aromatic N) is 2. The third-order valence-corrected chi connectivity index (χ3v) is 4.02. The largest absolute Gasteiger partial charge is 0.450 e. The minimum absolute atomic E-state index is 0.0386. The molecule has 0 saturated carbocycles. The van der Waals surface area contributed by atoms with Crippen LogP contribution in [0.2, 0.25) is 0 Å². The lowest BCUT2D eigenvalue weighted by Gasteiger charge is -2.32. The number of nitrogens with one attached hydrogen (secondary N) is 1. The fourth-order valence-corrected chi connectivity index (χ4v) is 2.99. The number of amides is 1. The Kier molecular flexibility index (Phi) is 4.66. The van der Waals surface area contributed by atoms with Crippen molar-refractivity contribution in [3.05, 3.63) is 34.8 Å². The monoisotopic (exact) mass is 319 g/mol. The molecule has 0 bridgehead atoms. The Labute approximate surface area is 133 Å². The number of rotatable bonds is 4. The second kappa shape index (κ2) is 6.87. The molecule has 2 heterocycles. The predicted molar refractivity (Wildman–Crippen MR) is 85.2 cm³/mol. The Bertz CT molecular complexity index is 736. The fourth-order valence-electron chi connectivity index (χ4n) is 2.99. The van der Waals surface area contributed by atoms with Crippen molar-refractivity contribution in [3.63, 3.8) is 0 Å². The lowest BCUT2D eigenvalue weighted by Crippen LogP contribution is -2.48. The topological polar surface area (TPSA) is 76.7 Å². The van der Waals surface area contributed by atoms with Crippen LogP contribution < -0.4 is 11.1 Å². The van der Waals surface area contributed by atoms with Crippen molar-refractivity contribution in [2.24, 2.45) is 0 Å². The molecule has 1 atom stereocenters. The molecule has 0 aliphatic carbocycles. The molecule has 1 amide bonds. The SMILES string of the molecule is CCOC(=O)N[C@H]1CCCN(Cn2c(=O)oc3ccccc32)C1. The molecular formula is C16H21N3O4. The molecule has 0 radical (unpaired) electrons. The third-order valence-electron chi connectivity index (χ3n) is 4.02. The first-order valence-corrected chi connectivity index (χ1v) is 7.91. The van der Waals surface area contributed by atoms with Gasteiger partial charge >= 0.3 is 11.8 Å². The maximum atomic E-state index is 12.0. The normalized spacial score (nSPS) is 18.9. The van der Waals surface area contributed by atoms with Crippen molar-refractivity contribution in [1.82, 2.24) is 14.8 Å². The van der Waals surface area contributed by atoms with Crippen LogP contribution in [0, 0.1) is 0 Å². The van der Waals surface area contributed by atoms with Gasteiger partial charge in [0.05, 0.1) is 18.8 Å². The van der Waals surface area contributed by atoms with E-state index >= 15 is 0 Å². The number of benzene rings is 1. The van der Waals surface area contributed by atoms with Gasteiger partial charge in [0.15, 0.2) is 5.58 Å². The number of piperidine rings is 1. The lowest BCUT2D eigenvalue weighted by molar-refractivity contribution is 0.123. The average Bonchev–Trinajstić information content (AvgIpc) is 2.84. The summed E-state index contributed by atoms with van der Waals surface area (Å²) in [5.74, 6) is -0.355. The van der Waals surface area contributed by atoms with E-state index < -0.39 is 0 Å². The molecule has 2 aromatic rings. The van der Waals surface area contributed by atoms with E-state index in [1.54, 1.807) is 17.6 Å². The van der Waals surface area contributed by atoms with Crippen LogP contribution in [0.3, 0.4) is 0 Å². The van der Waals surface area contributed by atoms with Gasteiger partial charge in [0, 0.05) is 12.6 Å². The molecule has 1 aromatic carbocycles. The molecule has 1 N–H and O–H groups in total. The summed E-state index contributed by atoms with van der Waals surface area (Å²) in [4.78, 5) is 25.7. The van der Waals surface area contributed by atoms with Gasteiger partial charge in [0.25, 0.3) is 0 Å². The predicted octanol–water partition coefficient (Wildman–Crippen LogP) is 1.76. The van der Waals surface area contributed by atoms with Crippen LogP contribution >= 0.6 is 0 Å². The van der Waals surface area contributed by atoms with Gasteiger partial charge in [0.1, 0.15) is 0 Å². The first kappa shape index (κ1) is 15.6. The zero-order chi connectivity index (χ0) is 16.2. The van der Waals surface area contributed by atoms with E-state index in [9.17, 15) is 9.59 Å². The van der Waals surface area contributed by atoms with Crippen LogP contribution in [0.4, 0.5) is 4.79 Å². The molecular weight excluding hydrogens is 298 g/mol. The summed E-state index contributed by atoms with van der Waals surface area (Å²) in [5.41, 5.74) is 1.38. The van der Waals surface area contributed by atoms with Crippen LogP contribution in [0.15, 0.2) is 33.5 Å². The van der Waals surface area contributed by atoms with Gasteiger partial charge < -0.3 is 14.5 Å². The Hall–Kier alpha value is -2.28. The Morgan fingerprint density at radius 3 is 3.09 bits per heavy atom. The molecule has 0 spiro atoms. The summed E-state index contributed by atoms with van der Waals surface area (Å²) < 4.78 is 11.8. The first-order chi connectivity index (χ1) is 11.2. The number of likely N-dealkylation sites (tertiary alicyclic amines) is 1. The van der Waals surface area contributed by atoms with Crippen molar-refractivity contribution in [1.29, 1.82) is 0 Å². The smallest absolute Gasteiger partial charge is 0.421 e. The van der Waals surface area contributed by atoms with Gasteiger partial charge in [-0.3, -0.25) is 9.47 Å². The van der Waals surface area contributed by atoms with E-state index in [-0.39, 0.29) is 17.9 Å². The van der Waals surface area contributed by atoms with E-state index in [1.165, 1.54) is 0 Å². The fraction of sp³-hybridized carbons (Fsp3) is 0.500. The number of hydrogen-bond acceptors (Lipinski definition) is 5. The number of ether oxygens (including phenoxy) is 1. The summed E-state index contributed by atoms with van der Waals surface area (Å²) in [6, 6.07) is 7.43. The quantitative estimate of drug-likeness (QED) is 0.929. The first-order valence-electron chi connectivity index (χ1n) is 7.91. The van der Waals surface area contributed by atoms with E-state index in [0.29, 0.717) is 25.4 Å². The summed E-state index contributed by atoms with van der Waals surface area (Å²) in [6.07, 6.45) is 1.49. The average molecular weight is 319 g/mol. The van der Waals surface area contributed by atoms with Crippen molar-refractivity contribution >= 4 is 17.2 Å². The van der Waals surface area contributed by atoms with Gasteiger partial charge in [-0.25, -0.2) is 9.59 Å². The molecule has 1 aliphatic rings. The molecule has 3 rings (SSSR count). The van der Waals surface area contributed by atoms with Crippen molar-refractivity contribution in [3.8, 4) is 0 Å². The maximum absolute atomic E-state index is 12.0. The van der Waals surface area contributed by atoms with Crippen molar-refractivity contribution in [2.75, 3.05) is 19.7 Å². The number of carbonyl (C=O) groups excluding carboxylic acids is 1. The summed E-state index contributed by atoms with van der Waals surface area (Å²) in [7, 11) is 0. The number of alkyl carbamates (subject to hydrolysis) is 1. The van der Waals surface area contributed by atoms with E-state index in [0.717, 1.165) is 24.9 Å². The third kappa shape index (κ3) is 3.56. The molecule has 7 nitrogen and oxygen atoms in total.